The highest BCUT2D eigenvalue weighted by Crippen LogP contribution is 2.45. The van der Waals surface area contributed by atoms with E-state index in [0.29, 0.717) is 25.7 Å². The van der Waals surface area contributed by atoms with Crippen molar-refractivity contribution in [2.24, 2.45) is 23.7 Å². The number of ether oxygens (including phenoxy) is 4. The van der Waals surface area contributed by atoms with Gasteiger partial charge in [-0.1, -0.05) is 370 Å². The van der Waals surface area contributed by atoms with Crippen LogP contribution in [-0.2, 0) is 65.4 Å². The minimum Gasteiger partial charge on any atom is -0.462 e. The maximum Gasteiger partial charge on any atom is 0.472 e. The van der Waals surface area contributed by atoms with Gasteiger partial charge in [0.25, 0.3) is 0 Å². The van der Waals surface area contributed by atoms with Crippen molar-refractivity contribution >= 4 is 39.5 Å². The Kier molecular flexibility index (Phi) is 69.6. The minimum atomic E-state index is -4.96. The van der Waals surface area contributed by atoms with E-state index in [1.165, 1.54) is 225 Å². The zero-order valence-electron chi connectivity index (χ0n) is 66.5. The predicted molar refractivity (Wildman–Crippen MR) is 414 cm³/mol. The van der Waals surface area contributed by atoms with Gasteiger partial charge in [0.1, 0.15) is 19.3 Å². The highest BCUT2D eigenvalue weighted by atomic mass is 31.2. The zero-order valence-corrected chi connectivity index (χ0v) is 68.3. The van der Waals surface area contributed by atoms with Gasteiger partial charge in [-0.2, -0.15) is 0 Å². The van der Waals surface area contributed by atoms with Gasteiger partial charge in [0.05, 0.1) is 26.4 Å². The fourth-order valence-electron chi connectivity index (χ4n) is 12.6. The van der Waals surface area contributed by atoms with Crippen LogP contribution in [0.25, 0.3) is 0 Å². The van der Waals surface area contributed by atoms with Gasteiger partial charge < -0.3 is 33.8 Å². The van der Waals surface area contributed by atoms with Gasteiger partial charge in [-0.15, -0.1) is 0 Å². The van der Waals surface area contributed by atoms with Gasteiger partial charge in [0.15, 0.2) is 12.2 Å². The lowest BCUT2D eigenvalue weighted by Crippen LogP contribution is -2.30. The molecule has 0 rings (SSSR count). The number of hydrogen-bond donors (Lipinski definition) is 3. The van der Waals surface area contributed by atoms with E-state index in [1.54, 1.807) is 0 Å². The fourth-order valence-corrected chi connectivity index (χ4v) is 14.2. The molecule has 3 unspecified atom stereocenters. The Hall–Kier alpha value is -1.94. The molecule has 0 aliphatic rings. The van der Waals surface area contributed by atoms with E-state index in [4.69, 9.17) is 37.0 Å². The van der Waals surface area contributed by atoms with Crippen LogP contribution in [0.5, 0.6) is 0 Å². The molecule has 17 nitrogen and oxygen atoms in total. The van der Waals surface area contributed by atoms with Crippen LogP contribution in [-0.4, -0.2) is 96.7 Å². The molecular formula is C82H160O17P2. The summed E-state index contributed by atoms with van der Waals surface area (Å²) in [6.07, 6.45) is 58.3. The lowest BCUT2D eigenvalue weighted by atomic mass is 9.99. The van der Waals surface area contributed by atoms with Crippen molar-refractivity contribution in [1.29, 1.82) is 0 Å². The minimum absolute atomic E-state index is 0.105. The van der Waals surface area contributed by atoms with Gasteiger partial charge in [-0.05, 0) is 49.4 Å². The highest BCUT2D eigenvalue weighted by Gasteiger charge is 2.30. The fraction of sp³-hybridized carbons (Fsp3) is 0.951. The predicted octanol–water partition coefficient (Wildman–Crippen LogP) is 24.4. The average Bonchev–Trinajstić information content (AvgIpc) is 1.00. The molecule has 0 aliphatic carbocycles. The number of phosphoric ester groups is 2. The Morgan fingerprint density at radius 1 is 0.277 bits per heavy atom. The average molecular weight is 1480 g/mol. The summed E-state index contributed by atoms with van der Waals surface area (Å²) in [7, 11) is -9.92. The van der Waals surface area contributed by atoms with Crippen LogP contribution >= 0.6 is 15.6 Å². The molecule has 6 atom stereocenters. The number of phosphoric acid groups is 2. The number of aliphatic hydroxyl groups is 1. The Morgan fingerprint density at radius 3 is 0.703 bits per heavy atom. The van der Waals surface area contributed by atoms with Gasteiger partial charge in [-0.25, -0.2) is 9.13 Å². The summed E-state index contributed by atoms with van der Waals surface area (Å²) >= 11 is 0. The van der Waals surface area contributed by atoms with Crippen molar-refractivity contribution in [3.63, 3.8) is 0 Å². The first kappa shape index (κ1) is 99.1. The normalized spacial score (nSPS) is 14.3. The Bertz CT molecular complexity index is 1970. The molecule has 0 aromatic carbocycles. The number of aliphatic hydroxyl groups excluding tert-OH is 1. The SMILES string of the molecule is CCC(C)CCCCCCCCCCCCCCCCCCCCC(=O)O[C@H](COC(=O)CCCCCCCCCCCCC(C)C)COP(=O)(O)OC[C@@H](O)COP(=O)(O)OC[C@@H](COC(=O)CCCCCCCCCCCCC(C)C)OC(=O)CCCCCCCCCCCCC(C)C. The molecule has 0 aromatic rings. The lowest BCUT2D eigenvalue weighted by molar-refractivity contribution is -0.161. The largest absolute Gasteiger partial charge is 0.472 e. The maximum absolute atomic E-state index is 13.1. The summed E-state index contributed by atoms with van der Waals surface area (Å²) in [4.78, 5) is 73.1. The van der Waals surface area contributed by atoms with Crippen LogP contribution in [0.4, 0.5) is 0 Å². The molecular weight excluding hydrogens is 1320 g/mol. The van der Waals surface area contributed by atoms with Gasteiger partial charge in [0, 0.05) is 25.7 Å². The summed E-state index contributed by atoms with van der Waals surface area (Å²) < 4.78 is 68.7. The van der Waals surface area contributed by atoms with Crippen LogP contribution < -0.4 is 0 Å². The molecule has 0 saturated heterocycles. The molecule has 600 valence electrons. The summed E-state index contributed by atoms with van der Waals surface area (Å²) in [6, 6.07) is 0. The summed E-state index contributed by atoms with van der Waals surface area (Å²) in [6.45, 7) is 14.3. The molecule has 0 aromatic heterocycles. The molecule has 0 aliphatic heterocycles. The van der Waals surface area contributed by atoms with Crippen LogP contribution in [0.3, 0.4) is 0 Å². The molecule has 0 saturated carbocycles. The monoisotopic (exact) mass is 1480 g/mol. The van der Waals surface area contributed by atoms with E-state index in [-0.39, 0.29) is 25.7 Å². The second kappa shape index (κ2) is 71.0. The molecule has 0 amide bonds. The van der Waals surface area contributed by atoms with Crippen LogP contribution in [0.2, 0.25) is 0 Å². The summed E-state index contributed by atoms with van der Waals surface area (Å²) in [5.74, 6) is 1.03. The Balaban J connectivity index is 5.22. The number of rotatable bonds is 79. The smallest absolute Gasteiger partial charge is 0.462 e. The van der Waals surface area contributed by atoms with E-state index in [0.717, 1.165) is 114 Å². The second-order valence-corrected chi connectivity index (χ2v) is 34.1. The lowest BCUT2D eigenvalue weighted by Gasteiger charge is -2.21. The molecule has 0 bridgehead atoms. The van der Waals surface area contributed by atoms with Crippen molar-refractivity contribution in [1.82, 2.24) is 0 Å². The maximum atomic E-state index is 13.1. The third-order valence-electron chi connectivity index (χ3n) is 19.4. The summed E-state index contributed by atoms with van der Waals surface area (Å²) in [5.41, 5.74) is 0. The quantitative estimate of drug-likeness (QED) is 0.0222. The van der Waals surface area contributed by atoms with Gasteiger partial charge in [0.2, 0.25) is 0 Å². The van der Waals surface area contributed by atoms with E-state index in [9.17, 15) is 43.2 Å². The van der Waals surface area contributed by atoms with Crippen LogP contribution in [0, 0.1) is 23.7 Å². The standard InChI is InChI=1S/C82H160O17P2/c1-9-75(8)61-53-45-37-29-18-16-14-12-10-11-13-15-17-19-32-40-48-56-64-81(86)98-77(68-92-79(84)62-54-46-38-30-23-20-26-34-42-50-58-72(2)3)70-96-100(88,89)94-66-76(83)67-95-101(90,91)97-71-78(99-82(87)65-57-49-41-33-25-22-28-36-44-52-60-74(6)7)69-93-80(85)63-55-47-39-31-24-21-27-35-43-51-59-73(4)5/h72-78,83H,9-71H2,1-8H3,(H,88,89)(H,90,91)/t75?,76-,77-,78-/m1/s1. The van der Waals surface area contributed by atoms with E-state index in [1.807, 2.05) is 0 Å². The number of hydrogen-bond acceptors (Lipinski definition) is 15. The number of carbonyl (C=O) groups excluding carboxylic acids is 4. The van der Waals surface area contributed by atoms with Gasteiger partial charge in [-0.3, -0.25) is 37.3 Å². The molecule has 101 heavy (non-hydrogen) atoms. The van der Waals surface area contributed by atoms with E-state index < -0.39 is 97.5 Å². The Morgan fingerprint density at radius 2 is 0.475 bits per heavy atom. The zero-order chi connectivity index (χ0) is 74.6. The van der Waals surface area contributed by atoms with E-state index >= 15 is 0 Å². The highest BCUT2D eigenvalue weighted by molar-refractivity contribution is 7.47. The molecule has 0 spiro atoms. The van der Waals surface area contributed by atoms with Crippen molar-refractivity contribution in [2.75, 3.05) is 39.6 Å². The van der Waals surface area contributed by atoms with Crippen LogP contribution in [0.15, 0.2) is 0 Å². The van der Waals surface area contributed by atoms with E-state index in [2.05, 4.69) is 55.4 Å². The van der Waals surface area contributed by atoms with Crippen molar-refractivity contribution < 1.29 is 80.2 Å². The second-order valence-electron chi connectivity index (χ2n) is 31.2. The van der Waals surface area contributed by atoms with Crippen molar-refractivity contribution in [3.05, 3.63) is 0 Å². The van der Waals surface area contributed by atoms with Crippen molar-refractivity contribution in [3.8, 4) is 0 Å². The first-order valence-electron chi connectivity index (χ1n) is 42.2. The van der Waals surface area contributed by atoms with Crippen LogP contribution in [0.1, 0.15) is 421 Å². The summed E-state index contributed by atoms with van der Waals surface area (Å²) in [5, 5.41) is 10.6. The number of esters is 4. The third-order valence-corrected chi connectivity index (χ3v) is 21.3. The number of unbranched alkanes of at least 4 members (excludes halogenated alkanes) is 44. The van der Waals surface area contributed by atoms with Gasteiger partial charge >= 0.3 is 39.5 Å². The molecule has 19 heteroatoms. The topological polar surface area (TPSA) is 237 Å². The molecule has 0 fully saturated rings. The van der Waals surface area contributed by atoms with Crippen molar-refractivity contribution in [2.45, 2.75) is 440 Å². The molecule has 3 N–H and O–H groups in total. The first-order valence-corrected chi connectivity index (χ1v) is 45.2. The Labute approximate surface area is 619 Å². The molecule has 0 heterocycles. The molecule has 0 radical (unpaired) electrons. The number of carbonyl (C=O) groups is 4. The first-order chi connectivity index (χ1) is 48.6. The third kappa shape index (κ3) is 74.7.